The zero-order chi connectivity index (χ0) is 25.8. The first-order valence-electron chi connectivity index (χ1n) is 5.59. The molecule has 0 aliphatic heterocycles. The first-order chi connectivity index (χ1) is 13.2. The van der Waals surface area contributed by atoms with Gasteiger partial charge in [0.2, 0.25) is 0 Å². The molecule has 22 heteroatoms. The van der Waals surface area contributed by atoms with Gasteiger partial charge in [0.25, 0.3) is 0 Å². The van der Waals surface area contributed by atoms with Crippen molar-refractivity contribution < 1.29 is 48.6 Å². The third kappa shape index (κ3) is 63.4. The molecule has 2 atom stereocenters. The van der Waals surface area contributed by atoms with Crippen LogP contribution in [0.25, 0.3) is 0 Å². The van der Waals surface area contributed by atoms with Gasteiger partial charge in [0.1, 0.15) is 0 Å². The number of rotatable bonds is 5. The van der Waals surface area contributed by atoms with Crippen molar-refractivity contribution in [2.24, 2.45) is 0 Å². The fraction of sp³-hybridized carbons (Fsp3) is 0.200. The average molecular weight is 834 g/mol. The van der Waals surface area contributed by atoms with E-state index in [0.717, 1.165) is 0 Å². The Bertz CT molecular complexity index is 494. The van der Waals surface area contributed by atoms with Crippen LogP contribution in [0.4, 0.5) is 0 Å². The van der Waals surface area contributed by atoms with Crippen LogP contribution in [0.2, 0.25) is 0 Å². The van der Waals surface area contributed by atoms with Crippen LogP contribution in [0, 0.1) is 0 Å². The van der Waals surface area contributed by atoms with E-state index in [4.69, 9.17) is 10.2 Å². The second-order valence-corrected chi connectivity index (χ2v) is 7.01. The number of aliphatic hydroxyl groups is 2. The first-order valence-corrected chi connectivity index (χ1v) is 9.80. The van der Waals surface area contributed by atoms with Crippen molar-refractivity contribution in [2.75, 3.05) is 0 Å². The van der Waals surface area contributed by atoms with Crippen molar-refractivity contribution >= 4 is 219 Å². The maximum Gasteiger partial charge on any atom is 3.00 e. The molecule has 0 aliphatic carbocycles. The molecule has 174 valence electrons. The Kier molecular flexibility index (Phi) is 51.1. The molecule has 2 unspecified atom stereocenters. The molecule has 0 amide bonds. The maximum absolute atomic E-state index is 9.50. The van der Waals surface area contributed by atoms with Gasteiger partial charge in [-0.05, 0) is 0 Å². The standard InChI is InChI=1S/C2H6O2S2.4C2H2O2S2.2In/c5*3-1(5)2(4)6;;/h1-6H;4*(H,3,5)(H,4,6);;/q;;;;;2*+3/p-10. The molecule has 0 aromatic heterocycles. The molecule has 0 heterocycles. The van der Waals surface area contributed by atoms with Crippen LogP contribution in [-0.4, -0.2) is 114 Å². The summed E-state index contributed by atoms with van der Waals surface area (Å²) in [6, 6.07) is 0. The molecule has 0 spiro atoms. The summed E-state index contributed by atoms with van der Waals surface area (Å²) in [7, 11) is 0. The van der Waals surface area contributed by atoms with Gasteiger partial charge in [-0.3, -0.25) is 0 Å². The topological polar surface area (TPSA) is 177 Å². The molecule has 0 saturated carbocycles. The molecule has 32 heavy (non-hydrogen) atoms. The summed E-state index contributed by atoms with van der Waals surface area (Å²) in [4.78, 5) is 76.0. The average Bonchev–Trinajstić information content (AvgIpc) is 2.56. The molecule has 10 nitrogen and oxygen atoms in total. The van der Waals surface area contributed by atoms with Gasteiger partial charge in [-0.1, -0.05) is 10.9 Å². The van der Waals surface area contributed by atoms with Crippen LogP contribution in [0.3, 0.4) is 0 Å². The first kappa shape index (κ1) is 50.4. The summed E-state index contributed by atoms with van der Waals surface area (Å²) in [5.41, 5.74) is -2.39. The van der Waals surface area contributed by atoms with E-state index in [1.807, 2.05) is 0 Å². The van der Waals surface area contributed by atoms with Gasteiger partial charge >= 0.3 is 51.7 Å². The molecule has 0 rings (SSSR count). The van der Waals surface area contributed by atoms with Gasteiger partial charge in [-0.2, -0.15) is 0 Å². The van der Waals surface area contributed by atoms with Crippen molar-refractivity contribution in [3.63, 3.8) is 0 Å². The van der Waals surface area contributed by atoms with Crippen molar-refractivity contribution in [2.45, 2.75) is 10.9 Å². The monoisotopic (exact) mass is 834 g/mol. The Balaban J connectivity index is -0.0000000481. The summed E-state index contributed by atoms with van der Waals surface area (Å²) < 4.78 is 0. The Labute approximate surface area is 274 Å². The van der Waals surface area contributed by atoms with Gasteiger partial charge in [-0.15, -0.1) is 0 Å². The van der Waals surface area contributed by atoms with Crippen LogP contribution >= 0.6 is 0 Å². The fourth-order valence-electron chi connectivity index (χ4n) is 0. The summed E-state index contributed by atoms with van der Waals surface area (Å²) >= 11 is 38.7. The molecule has 0 radical (unpaired) electrons. The minimum absolute atomic E-state index is 0. The van der Waals surface area contributed by atoms with Crippen LogP contribution in [0.15, 0.2) is 0 Å². The molecule has 0 aromatic rings. The summed E-state index contributed by atoms with van der Waals surface area (Å²) in [6.07, 6.45) is 0. The molecule has 0 saturated heterocycles. The van der Waals surface area contributed by atoms with E-state index in [0.29, 0.717) is 0 Å². The zero-order valence-electron chi connectivity index (χ0n) is 14.6. The quantitative estimate of drug-likeness (QED) is 0.198. The predicted molar refractivity (Wildman–Crippen MR) is 137 cm³/mol. The van der Waals surface area contributed by atoms with E-state index in [9.17, 15) is 38.4 Å². The third-order valence-corrected chi connectivity index (χ3v) is 3.60. The normalized spacial score (nSPS) is 9.25. The Morgan fingerprint density at radius 3 is 0.438 bits per heavy atom. The SMILES string of the molecule is O=C([S-])C(=O)[S-].O=C([S-])C(=O)[S-].O=C([S-])C(=O)[S-].O=C([S-])C(=O)[S-].OC([S-])C(O)[S-].[In+3].[In+3]. The number of carbonyl (C=O) groups is 8. The van der Waals surface area contributed by atoms with E-state index < -0.39 is 51.8 Å². The van der Waals surface area contributed by atoms with E-state index in [1.165, 1.54) is 0 Å². The third-order valence-electron chi connectivity index (χ3n) is 0.911. The predicted octanol–water partition coefficient (Wildman–Crippen LogP) is -5.51. The Hall–Kier alpha value is 1.48. The number of carbonyl (C=O) groups excluding carboxylic acids is 8. The molecular formula is C10H4In2O10S10-4. The zero-order valence-corrected chi connectivity index (χ0v) is 29.3. The van der Waals surface area contributed by atoms with E-state index in [-0.39, 0.29) is 51.7 Å². The van der Waals surface area contributed by atoms with Crippen LogP contribution in [-0.2, 0) is 165 Å². The number of hydrogen-bond donors (Lipinski definition) is 2. The molecule has 0 aromatic carbocycles. The number of aliphatic hydroxyl groups excluding tert-OH is 2. The van der Waals surface area contributed by atoms with Gasteiger partial charge < -0.3 is 175 Å². The maximum atomic E-state index is 9.50. The summed E-state index contributed by atoms with van der Waals surface area (Å²) in [5.74, 6) is 0. The largest absolute Gasteiger partial charge is 3.00 e. The van der Waals surface area contributed by atoms with Gasteiger partial charge in [0.15, 0.2) is 0 Å². The van der Waals surface area contributed by atoms with E-state index in [1.54, 1.807) is 0 Å². The van der Waals surface area contributed by atoms with E-state index >= 15 is 0 Å². The Morgan fingerprint density at radius 1 is 0.375 bits per heavy atom. The van der Waals surface area contributed by atoms with Gasteiger partial charge in [-0.25, -0.2) is 0 Å². The van der Waals surface area contributed by atoms with Crippen molar-refractivity contribution in [3.05, 3.63) is 0 Å². The Morgan fingerprint density at radius 2 is 0.438 bits per heavy atom. The number of hydrogen-bond acceptors (Lipinski definition) is 20. The van der Waals surface area contributed by atoms with E-state index in [2.05, 4.69) is 126 Å². The minimum atomic E-state index is -1.19. The summed E-state index contributed by atoms with van der Waals surface area (Å²) in [6.45, 7) is 0. The van der Waals surface area contributed by atoms with Crippen molar-refractivity contribution in [1.29, 1.82) is 0 Å². The molecule has 2 N–H and O–H groups in total. The second-order valence-electron chi connectivity index (χ2n) is 3.08. The van der Waals surface area contributed by atoms with Crippen LogP contribution in [0.5, 0.6) is 0 Å². The smallest absolute Gasteiger partial charge is 0.761 e. The van der Waals surface area contributed by atoms with Gasteiger partial charge in [0.05, 0.1) is 40.9 Å². The van der Waals surface area contributed by atoms with Crippen LogP contribution in [0.1, 0.15) is 0 Å². The van der Waals surface area contributed by atoms with Crippen molar-refractivity contribution in [1.82, 2.24) is 0 Å². The summed E-state index contributed by atoms with van der Waals surface area (Å²) in [5, 5.41) is 8.33. The molecular weight excluding hydrogens is 830 g/mol. The van der Waals surface area contributed by atoms with Crippen LogP contribution < -0.4 is 0 Å². The molecule has 0 bridgehead atoms. The van der Waals surface area contributed by atoms with Crippen molar-refractivity contribution in [3.8, 4) is 0 Å². The molecule has 0 aliphatic rings. The fourth-order valence-corrected chi connectivity index (χ4v) is 0. The van der Waals surface area contributed by atoms with Gasteiger partial charge in [0, 0.05) is 0 Å². The second kappa shape index (κ2) is 32.5. The molecule has 0 fully saturated rings. The minimum Gasteiger partial charge on any atom is -0.761 e.